The summed E-state index contributed by atoms with van der Waals surface area (Å²) in [6.45, 7) is 8.19. The number of likely N-dealkylation sites (tertiary alicyclic amines) is 1. The third-order valence-corrected chi connectivity index (χ3v) is 7.57. The minimum absolute atomic E-state index is 0.113. The lowest BCUT2D eigenvalue weighted by Gasteiger charge is -2.32. The number of carbonyl (C=O) groups excluding carboxylic acids is 1. The van der Waals surface area contributed by atoms with Crippen molar-refractivity contribution in [2.45, 2.75) is 84.4 Å². The largest absolute Gasteiger partial charge is 0.416 e. The van der Waals surface area contributed by atoms with Gasteiger partial charge in [-0.05, 0) is 62.4 Å². The topological polar surface area (TPSA) is 26.2 Å². The van der Waals surface area contributed by atoms with Crippen LogP contribution in [0.3, 0.4) is 0 Å². The number of carbonyl (C=O) groups is 1. The molecule has 0 bridgehead atoms. The van der Waals surface area contributed by atoms with Gasteiger partial charge < -0.3 is 4.90 Å². The summed E-state index contributed by atoms with van der Waals surface area (Å²) in [5.74, 6) is 0.597. The molecule has 1 heterocycles. The van der Waals surface area contributed by atoms with Crippen LogP contribution in [0.1, 0.15) is 92.3 Å². The van der Waals surface area contributed by atoms with Crippen LogP contribution >= 0.6 is 0 Å². The van der Waals surface area contributed by atoms with Gasteiger partial charge >= 0.3 is 6.18 Å². The highest BCUT2D eigenvalue weighted by molar-refractivity contribution is 5.94. The molecule has 1 aliphatic heterocycles. The van der Waals surface area contributed by atoms with Crippen molar-refractivity contribution in [2.24, 2.45) is 5.92 Å². The molecule has 0 saturated carbocycles. The van der Waals surface area contributed by atoms with Crippen LogP contribution in [-0.2, 0) is 19.1 Å². The number of amides is 1. The van der Waals surface area contributed by atoms with Crippen molar-refractivity contribution in [1.29, 1.82) is 0 Å². The van der Waals surface area contributed by atoms with Crippen LogP contribution in [0.25, 0.3) is 0 Å². The van der Waals surface area contributed by atoms with Gasteiger partial charge in [0.15, 0.2) is 0 Å². The van der Waals surface area contributed by atoms with Gasteiger partial charge in [0.25, 0.3) is 5.91 Å². The molecule has 3 rings (SSSR count). The Morgan fingerprint density at radius 2 is 1.46 bits per heavy atom. The van der Waals surface area contributed by atoms with E-state index in [2.05, 4.69) is 30.9 Å². The first-order chi connectivity index (χ1) is 17.8. The molecule has 2 aromatic carbocycles. The molecular weight excluding hydrogens is 473 g/mol. The molecule has 3 nitrogen and oxygen atoms in total. The first-order valence-electron chi connectivity index (χ1n) is 14.1. The highest BCUT2D eigenvalue weighted by Crippen LogP contribution is 2.29. The molecule has 203 valence electrons. The van der Waals surface area contributed by atoms with Crippen LogP contribution < -0.4 is 4.90 Å². The molecule has 1 amide bonds. The van der Waals surface area contributed by atoms with E-state index in [0.717, 1.165) is 68.7 Å². The van der Waals surface area contributed by atoms with Gasteiger partial charge in [0.2, 0.25) is 0 Å². The van der Waals surface area contributed by atoms with Crippen molar-refractivity contribution in [2.75, 3.05) is 26.2 Å². The molecular formula is C31H43F3N2O+. The molecule has 0 N–H and O–H groups in total. The average molecular weight is 517 g/mol. The zero-order chi connectivity index (χ0) is 26.7. The number of aryl methyl sites for hydroxylation is 1. The van der Waals surface area contributed by atoms with Gasteiger partial charge in [0.1, 0.15) is 19.6 Å². The molecule has 0 aliphatic carbocycles. The van der Waals surface area contributed by atoms with Gasteiger partial charge in [-0.15, -0.1) is 0 Å². The summed E-state index contributed by atoms with van der Waals surface area (Å²) in [5, 5.41) is 0. The number of hydrogen-bond acceptors (Lipinski definition) is 2. The number of hydrogen-bond donors (Lipinski definition) is 0. The maximum atomic E-state index is 13.0. The van der Waals surface area contributed by atoms with Crippen molar-refractivity contribution in [3.05, 3.63) is 70.8 Å². The predicted octanol–water partition coefficient (Wildman–Crippen LogP) is 7.82. The van der Waals surface area contributed by atoms with Crippen molar-refractivity contribution >= 4 is 5.91 Å². The van der Waals surface area contributed by atoms with E-state index >= 15 is 0 Å². The number of rotatable bonds is 13. The van der Waals surface area contributed by atoms with Crippen molar-refractivity contribution < 1.29 is 18.0 Å². The van der Waals surface area contributed by atoms with Crippen LogP contribution in [0.5, 0.6) is 0 Å². The molecule has 0 atom stereocenters. The van der Waals surface area contributed by atoms with Crippen LogP contribution in [0.15, 0.2) is 48.5 Å². The Kier molecular flexibility index (Phi) is 11.5. The van der Waals surface area contributed by atoms with E-state index in [-0.39, 0.29) is 5.91 Å². The summed E-state index contributed by atoms with van der Waals surface area (Å²) < 4.78 is 38.5. The summed E-state index contributed by atoms with van der Waals surface area (Å²) >= 11 is 0. The van der Waals surface area contributed by atoms with E-state index in [1.807, 2.05) is 17.0 Å². The zero-order valence-corrected chi connectivity index (χ0v) is 22.5. The molecule has 1 radical (unpaired) electrons. The molecule has 0 aromatic heterocycles. The molecule has 1 fully saturated rings. The van der Waals surface area contributed by atoms with E-state index < -0.39 is 11.7 Å². The van der Waals surface area contributed by atoms with E-state index in [1.165, 1.54) is 44.1 Å². The highest BCUT2D eigenvalue weighted by atomic mass is 19.4. The smallest absolute Gasteiger partial charge is 0.339 e. The quantitative estimate of drug-likeness (QED) is 0.197. The minimum Gasteiger partial charge on any atom is -0.339 e. The van der Waals surface area contributed by atoms with Crippen molar-refractivity contribution in [3.63, 3.8) is 0 Å². The number of benzene rings is 2. The molecule has 37 heavy (non-hydrogen) atoms. The van der Waals surface area contributed by atoms with Gasteiger partial charge in [-0.2, -0.15) is 18.1 Å². The Bertz CT molecular complexity index is 932. The number of piperidine rings is 1. The fourth-order valence-corrected chi connectivity index (χ4v) is 5.15. The minimum atomic E-state index is -4.30. The second kappa shape index (κ2) is 14.6. The Morgan fingerprint density at radius 1 is 0.865 bits per heavy atom. The Balaban J connectivity index is 1.41. The number of alkyl halides is 3. The Hall–Kier alpha value is -2.34. The molecule has 6 heteroatoms. The van der Waals surface area contributed by atoms with Gasteiger partial charge in [0.05, 0.1) is 5.56 Å². The second-order valence-electron chi connectivity index (χ2n) is 10.5. The monoisotopic (exact) mass is 516 g/mol. The fourth-order valence-electron chi connectivity index (χ4n) is 5.15. The summed E-state index contributed by atoms with van der Waals surface area (Å²) in [4.78, 5) is 17.3. The molecule has 0 unspecified atom stereocenters. The predicted molar refractivity (Wildman–Crippen MR) is 145 cm³/mol. The van der Waals surface area contributed by atoms with Gasteiger partial charge in [-0.1, -0.05) is 63.3 Å². The van der Waals surface area contributed by atoms with E-state index in [9.17, 15) is 18.0 Å². The normalized spacial score (nSPS) is 14.9. The maximum Gasteiger partial charge on any atom is 0.416 e. The number of nitrogens with zero attached hydrogens (tertiary/aromatic N) is 2. The summed E-state index contributed by atoms with van der Waals surface area (Å²) in [6.07, 6.45) is 6.40. The van der Waals surface area contributed by atoms with Crippen molar-refractivity contribution in [1.82, 2.24) is 9.80 Å². The highest BCUT2D eigenvalue weighted by Gasteiger charge is 2.31. The first-order valence-corrected chi connectivity index (χ1v) is 14.1. The Morgan fingerprint density at radius 3 is 2.05 bits per heavy atom. The van der Waals surface area contributed by atoms with E-state index in [1.54, 1.807) is 12.1 Å². The second-order valence-corrected chi connectivity index (χ2v) is 10.5. The SMILES string of the molecule is CCCCCCCCc1ccc(C(=O)N2CCC(C[N+](CC)Cc3ccc(C(F)(F)F)cc3)CC2)cc1. The van der Waals surface area contributed by atoms with E-state index in [0.29, 0.717) is 12.5 Å². The van der Waals surface area contributed by atoms with Gasteiger partial charge in [-0.3, -0.25) is 4.79 Å². The molecule has 1 aliphatic rings. The average Bonchev–Trinajstić information content (AvgIpc) is 2.90. The Labute approximate surface area is 221 Å². The molecule has 0 spiro atoms. The standard InChI is InChI=1S/C31H43F3N2O/c1-3-5-6-7-8-9-10-25-11-15-28(16-12-25)30(37)36-21-19-27(20-22-36)24-35(4-2)23-26-13-17-29(18-14-26)31(32,33)34/h11-18,27H,3-10,19-24H2,1-2H3/q+1. The zero-order valence-electron chi connectivity index (χ0n) is 22.5. The lowest BCUT2D eigenvalue weighted by molar-refractivity contribution is -0.137. The van der Waals surface area contributed by atoms with Crippen LogP contribution in [0, 0.1) is 5.92 Å². The summed E-state index contributed by atoms with van der Waals surface area (Å²) in [6, 6.07) is 13.6. The van der Waals surface area contributed by atoms with Crippen LogP contribution in [0.4, 0.5) is 13.2 Å². The number of unbranched alkanes of at least 4 members (excludes halogenated alkanes) is 5. The van der Waals surface area contributed by atoms with Crippen LogP contribution in [-0.4, -0.2) is 37.0 Å². The maximum absolute atomic E-state index is 13.0. The van der Waals surface area contributed by atoms with Crippen molar-refractivity contribution in [3.8, 4) is 0 Å². The molecule has 1 saturated heterocycles. The molecule has 2 aromatic rings. The van der Waals surface area contributed by atoms with Gasteiger partial charge in [0, 0.05) is 30.1 Å². The van der Waals surface area contributed by atoms with E-state index in [4.69, 9.17) is 0 Å². The number of halogens is 3. The van der Waals surface area contributed by atoms with Crippen LogP contribution in [0.2, 0.25) is 0 Å². The van der Waals surface area contributed by atoms with Gasteiger partial charge in [-0.25, -0.2) is 0 Å². The summed E-state index contributed by atoms with van der Waals surface area (Å²) in [7, 11) is 0. The fraction of sp³-hybridized carbons (Fsp3) is 0.581. The lowest BCUT2D eigenvalue weighted by atomic mass is 9.95. The first kappa shape index (κ1) is 29.2. The third kappa shape index (κ3) is 9.48. The lowest BCUT2D eigenvalue weighted by Crippen LogP contribution is -2.43. The summed E-state index contributed by atoms with van der Waals surface area (Å²) in [5.41, 5.74) is 2.35. The third-order valence-electron chi connectivity index (χ3n) is 7.57.